The van der Waals surface area contributed by atoms with E-state index in [0.29, 0.717) is 17.9 Å². The van der Waals surface area contributed by atoms with Crippen molar-refractivity contribution in [3.05, 3.63) is 30.3 Å². The van der Waals surface area contributed by atoms with Crippen LogP contribution in [-0.4, -0.2) is 12.1 Å². The maximum atomic E-state index is 11.9. The molecule has 1 aliphatic carbocycles. The number of nitrogens with one attached hydrogen (secondary N) is 2. The van der Waals surface area contributed by atoms with Crippen LogP contribution in [0.1, 0.15) is 33.1 Å². The Hall–Kier alpha value is -1.51. The van der Waals surface area contributed by atoms with Crippen molar-refractivity contribution in [3.63, 3.8) is 0 Å². The molecule has 2 N–H and O–H groups in total. The Balaban J connectivity index is 1.87. The average molecular weight is 246 g/mol. The van der Waals surface area contributed by atoms with E-state index in [4.69, 9.17) is 0 Å². The van der Waals surface area contributed by atoms with E-state index in [1.54, 1.807) is 0 Å². The second-order valence-electron chi connectivity index (χ2n) is 5.34. The number of carbonyl (C=O) groups excluding carboxylic acids is 1. The molecule has 0 heterocycles. The predicted molar refractivity (Wildman–Crippen MR) is 74.6 cm³/mol. The highest BCUT2D eigenvalue weighted by atomic mass is 16.2. The molecule has 3 heteroatoms. The van der Waals surface area contributed by atoms with Crippen LogP contribution in [0.15, 0.2) is 30.3 Å². The fourth-order valence-corrected chi connectivity index (χ4v) is 2.64. The van der Waals surface area contributed by atoms with Gasteiger partial charge < -0.3 is 10.6 Å². The summed E-state index contributed by atoms with van der Waals surface area (Å²) in [7, 11) is 0. The molecule has 3 nitrogen and oxygen atoms in total. The quantitative estimate of drug-likeness (QED) is 0.822. The molecule has 0 unspecified atom stereocenters. The topological polar surface area (TPSA) is 41.1 Å². The van der Waals surface area contributed by atoms with Crippen molar-refractivity contribution in [2.45, 2.75) is 39.2 Å². The zero-order chi connectivity index (χ0) is 13.0. The summed E-state index contributed by atoms with van der Waals surface area (Å²) >= 11 is 0. The molecule has 0 aliphatic heterocycles. The molecule has 0 spiro atoms. The third kappa shape index (κ3) is 3.25. The number of anilines is 1. The van der Waals surface area contributed by atoms with E-state index in [0.717, 1.165) is 12.1 Å². The van der Waals surface area contributed by atoms with Gasteiger partial charge in [-0.15, -0.1) is 0 Å². The summed E-state index contributed by atoms with van der Waals surface area (Å²) < 4.78 is 0. The molecule has 0 saturated heterocycles. The average Bonchev–Trinajstić information content (AvgIpc) is 2.36. The number of para-hydroxylation sites is 1. The van der Waals surface area contributed by atoms with Crippen LogP contribution in [-0.2, 0) is 0 Å². The van der Waals surface area contributed by atoms with E-state index in [1.165, 1.54) is 12.8 Å². The highest BCUT2D eigenvalue weighted by molar-refractivity contribution is 5.89. The Labute approximate surface area is 109 Å². The maximum absolute atomic E-state index is 11.9. The fraction of sp³-hybridized carbons (Fsp3) is 0.533. The lowest BCUT2D eigenvalue weighted by molar-refractivity contribution is 0.201. The van der Waals surface area contributed by atoms with Crippen molar-refractivity contribution in [1.82, 2.24) is 5.32 Å². The van der Waals surface area contributed by atoms with E-state index in [9.17, 15) is 4.79 Å². The molecule has 18 heavy (non-hydrogen) atoms. The molecule has 0 radical (unpaired) electrons. The largest absolute Gasteiger partial charge is 0.335 e. The number of hydrogen-bond donors (Lipinski definition) is 2. The van der Waals surface area contributed by atoms with Crippen molar-refractivity contribution in [2.24, 2.45) is 11.8 Å². The van der Waals surface area contributed by atoms with Crippen LogP contribution in [0, 0.1) is 11.8 Å². The Bertz CT molecular complexity index is 391. The lowest BCUT2D eigenvalue weighted by Crippen LogP contribution is -2.45. The van der Waals surface area contributed by atoms with Crippen LogP contribution >= 0.6 is 0 Å². The minimum atomic E-state index is -0.0906. The summed E-state index contributed by atoms with van der Waals surface area (Å²) in [5.74, 6) is 1.25. The van der Waals surface area contributed by atoms with Gasteiger partial charge in [0.1, 0.15) is 0 Å². The highest BCUT2D eigenvalue weighted by Crippen LogP contribution is 2.29. The summed E-state index contributed by atoms with van der Waals surface area (Å²) in [6.07, 6.45) is 3.58. The minimum absolute atomic E-state index is 0.0906. The smallest absolute Gasteiger partial charge is 0.319 e. The molecular weight excluding hydrogens is 224 g/mol. The second kappa shape index (κ2) is 5.89. The molecule has 3 atom stereocenters. The molecule has 1 aliphatic rings. The molecule has 1 saturated carbocycles. The van der Waals surface area contributed by atoms with Crippen LogP contribution in [0.2, 0.25) is 0 Å². The third-order valence-corrected chi connectivity index (χ3v) is 4.05. The van der Waals surface area contributed by atoms with E-state index in [-0.39, 0.29) is 6.03 Å². The molecule has 1 fully saturated rings. The maximum Gasteiger partial charge on any atom is 0.319 e. The number of carbonyl (C=O) groups is 1. The van der Waals surface area contributed by atoms with Gasteiger partial charge in [0, 0.05) is 11.7 Å². The number of rotatable bonds is 2. The summed E-state index contributed by atoms with van der Waals surface area (Å²) in [4.78, 5) is 11.9. The molecular formula is C15H22N2O. The van der Waals surface area contributed by atoms with Crippen molar-refractivity contribution < 1.29 is 4.79 Å². The molecule has 2 rings (SSSR count). The Morgan fingerprint density at radius 2 is 1.89 bits per heavy atom. The van der Waals surface area contributed by atoms with Gasteiger partial charge in [-0.1, -0.05) is 44.9 Å². The van der Waals surface area contributed by atoms with Gasteiger partial charge in [-0.3, -0.25) is 0 Å². The van der Waals surface area contributed by atoms with Gasteiger partial charge in [-0.25, -0.2) is 4.79 Å². The number of hydrogen-bond acceptors (Lipinski definition) is 1. The standard InChI is InChI=1S/C15H22N2O/c1-11-7-6-10-14(12(11)2)17-15(18)16-13-8-4-3-5-9-13/h3-5,8-9,11-12,14H,6-7,10H2,1-2H3,(H2,16,17,18)/t11-,12+,14-/m1/s1. The number of benzene rings is 1. The van der Waals surface area contributed by atoms with Gasteiger partial charge in [0.15, 0.2) is 0 Å². The first-order valence-corrected chi connectivity index (χ1v) is 6.79. The van der Waals surface area contributed by atoms with Gasteiger partial charge in [0.05, 0.1) is 0 Å². The van der Waals surface area contributed by atoms with Crippen LogP contribution in [0.5, 0.6) is 0 Å². The Morgan fingerprint density at radius 1 is 1.17 bits per heavy atom. The monoisotopic (exact) mass is 246 g/mol. The van der Waals surface area contributed by atoms with E-state index in [2.05, 4.69) is 24.5 Å². The van der Waals surface area contributed by atoms with Crippen LogP contribution in [0.25, 0.3) is 0 Å². The van der Waals surface area contributed by atoms with Gasteiger partial charge in [-0.2, -0.15) is 0 Å². The van der Waals surface area contributed by atoms with E-state index < -0.39 is 0 Å². The summed E-state index contributed by atoms with van der Waals surface area (Å²) in [5, 5.41) is 5.97. The normalized spacial score (nSPS) is 27.6. The van der Waals surface area contributed by atoms with E-state index in [1.807, 2.05) is 30.3 Å². The molecule has 0 bridgehead atoms. The highest BCUT2D eigenvalue weighted by Gasteiger charge is 2.27. The minimum Gasteiger partial charge on any atom is -0.335 e. The predicted octanol–water partition coefficient (Wildman–Crippen LogP) is 3.63. The van der Waals surface area contributed by atoms with Crippen molar-refractivity contribution >= 4 is 11.7 Å². The molecule has 1 aromatic rings. The molecule has 0 aromatic heterocycles. The van der Waals surface area contributed by atoms with Gasteiger partial charge in [0.25, 0.3) is 0 Å². The summed E-state index contributed by atoms with van der Waals surface area (Å²) in [6.45, 7) is 4.50. The summed E-state index contributed by atoms with van der Waals surface area (Å²) in [6, 6.07) is 9.78. The van der Waals surface area contributed by atoms with Crippen molar-refractivity contribution in [1.29, 1.82) is 0 Å². The second-order valence-corrected chi connectivity index (χ2v) is 5.34. The Kier molecular flexibility index (Phi) is 4.24. The zero-order valence-electron chi connectivity index (χ0n) is 11.1. The van der Waals surface area contributed by atoms with Crippen LogP contribution < -0.4 is 10.6 Å². The first-order chi connectivity index (χ1) is 8.66. The first-order valence-electron chi connectivity index (χ1n) is 6.79. The third-order valence-electron chi connectivity index (χ3n) is 4.05. The van der Waals surface area contributed by atoms with E-state index >= 15 is 0 Å². The SMILES string of the molecule is C[C@H]1[C@H](C)CCC[C@H]1NC(=O)Nc1ccccc1. The lowest BCUT2D eigenvalue weighted by Gasteiger charge is -2.34. The molecule has 2 amide bonds. The van der Waals surface area contributed by atoms with Crippen LogP contribution in [0.4, 0.5) is 10.5 Å². The summed E-state index contributed by atoms with van der Waals surface area (Å²) in [5.41, 5.74) is 0.839. The lowest BCUT2D eigenvalue weighted by atomic mass is 9.78. The van der Waals surface area contributed by atoms with Gasteiger partial charge in [-0.05, 0) is 30.4 Å². The first kappa shape index (κ1) is 12.9. The number of amides is 2. The number of urea groups is 1. The van der Waals surface area contributed by atoms with Gasteiger partial charge in [0.2, 0.25) is 0 Å². The molecule has 1 aromatic carbocycles. The van der Waals surface area contributed by atoms with Crippen molar-refractivity contribution in [2.75, 3.05) is 5.32 Å². The van der Waals surface area contributed by atoms with Crippen molar-refractivity contribution in [3.8, 4) is 0 Å². The zero-order valence-corrected chi connectivity index (χ0v) is 11.1. The molecule has 98 valence electrons. The van der Waals surface area contributed by atoms with Gasteiger partial charge >= 0.3 is 6.03 Å². The van der Waals surface area contributed by atoms with Crippen LogP contribution in [0.3, 0.4) is 0 Å². The fourth-order valence-electron chi connectivity index (χ4n) is 2.64. The Morgan fingerprint density at radius 3 is 2.61 bits per heavy atom.